The molecule has 5 nitrogen and oxygen atoms in total. The van der Waals surface area contributed by atoms with Crippen molar-refractivity contribution in [2.45, 2.75) is 45.7 Å². The van der Waals surface area contributed by atoms with Crippen molar-refractivity contribution in [3.63, 3.8) is 0 Å². The molecule has 1 aromatic rings. The van der Waals surface area contributed by atoms with Crippen LogP contribution in [0.15, 0.2) is 23.5 Å². The summed E-state index contributed by atoms with van der Waals surface area (Å²) in [7, 11) is 0. The van der Waals surface area contributed by atoms with Crippen LogP contribution in [0.5, 0.6) is 0 Å². The maximum atomic E-state index is 8.62. The van der Waals surface area contributed by atoms with Gasteiger partial charge in [-0.15, -0.1) is 0 Å². The number of amidine groups is 1. The van der Waals surface area contributed by atoms with Crippen LogP contribution in [0.3, 0.4) is 0 Å². The SMILES string of the molecule is CCC(C)(CC)NCc1ccnc(/C(N)=N/O)c1. The summed E-state index contributed by atoms with van der Waals surface area (Å²) in [6, 6.07) is 3.75. The molecule has 0 aliphatic heterocycles. The minimum atomic E-state index is 0.0330. The van der Waals surface area contributed by atoms with Crippen molar-refractivity contribution in [3.05, 3.63) is 29.6 Å². The van der Waals surface area contributed by atoms with Gasteiger partial charge in [0.05, 0.1) is 0 Å². The molecule has 0 saturated carbocycles. The first-order valence-electron chi connectivity index (χ1n) is 6.22. The second-order valence-corrected chi connectivity index (χ2v) is 4.66. The number of rotatable bonds is 6. The first-order valence-corrected chi connectivity index (χ1v) is 6.22. The summed E-state index contributed by atoms with van der Waals surface area (Å²) in [5, 5.41) is 15.1. The predicted molar refractivity (Wildman–Crippen MR) is 72.6 cm³/mol. The Morgan fingerprint density at radius 3 is 2.72 bits per heavy atom. The van der Waals surface area contributed by atoms with Crippen LogP contribution in [0.25, 0.3) is 0 Å². The van der Waals surface area contributed by atoms with Crippen molar-refractivity contribution in [2.75, 3.05) is 0 Å². The molecule has 4 N–H and O–H groups in total. The van der Waals surface area contributed by atoms with E-state index < -0.39 is 0 Å². The molecule has 0 aromatic carbocycles. The monoisotopic (exact) mass is 250 g/mol. The van der Waals surface area contributed by atoms with Crippen molar-refractivity contribution in [2.24, 2.45) is 10.9 Å². The second kappa shape index (κ2) is 6.35. The van der Waals surface area contributed by atoms with Gasteiger partial charge in [-0.3, -0.25) is 4.98 Å². The standard InChI is InChI=1S/C13H22N4O/c1-4-13(3,5-2)16-9-10-6-7-15-11(8-10)12(14)17-18/h6-8,16,18H,4-5,9H2,1-3H3,(H2,14,17). The number of nitrogens with one attached hydrogen (secondary N) is 1. The Hall–Kier alpha value is -1.62. The topological polar surface area (TPSA) is 83.5 Å². The Kier molecular flexibility index (Phi) is 5.09. The number of nitrogens with zero attached hydrogens (tertiary/aromatic N) is 2. The van der Waals surface area contributed by atoms with Crippen LogP contribution in [0, 0.1) is 0 Å². The van der Waals surface area contributed by atoms with Crippen LogP contribution in [0.2, 0.25) is 0 Å². The van der Waals surface area contributed by atoms with Crippen LogP contribution < -0.4 is 11.1 Å². The molecule has 5 heteroatoms. The Morgan fingerprint density at radius 2 is 2.17 bits per heavy atom. The molecule has 18 heavy (non-hydrogen) atoms. The molecule has 100 valence electrons. The van der Waals surface area contributed by atoms with E-state index in [9.17, 15) is 0 Å². The summed E-state index contributed by atoms with van der Waals surface area (Å²) < 4.78 is 0. The van der Waals surface area contributed by atoms with Gasteiger partial charge in [0.1, 0.15) is 5.69 Å². The molecule has 0 unspecified atom stereocenters. The molecule has 1 aromatic heterocycles. The molecule has 0 saturated heterocycles. The van der Waals surface area contributed by atoms with Gasteiger partial charge < -0.3 is 16.3 Å². The van der Waals surface area contributed by atoms with Crippen molar-refractivity contribution in [1.29, 1.82) is 0 Å². The molecule has 0 fully saturated rings. The molecule has 1 rings (SSSR count). The Bertz CT molecular complexity index is 413. The highest BCUT2D eigenvalue weighted by Gasteiger charge is 2.18. The zero-order valence-electron chi connectivity index (χ0n) is 11.3. The third-order valence-electron chi connectivity index (χ3n) is 3.47. The predicted octanol–water partition coefficient (Wildman–Crippen LogP) is 1.84. The van der Waals surface area contributed by atoms with Crippen molar-refractivity contribution in [3.8, 4) is 0 Å². The number of nitrogens with two attached hydrogens (primary N) is 1. The number of hydrogen-bond acceptors (Lipinski definition) is 4. The number of oxime groups is 1. The van der Waals surface area contributed by atoms with Crippen LogP contribution in [-0.4, -0.2) is 21.6 Å². The molecular weight excluding hydrogens is 228 g/mol. The van der Waals surface area contributed by atoms with Crippen molar-refractivity contribution in [1.82, 2.24) is 10.3 Å². The summed E-state index contributed by atoms with van der Waals surface area (Å²) in [5.74, 6) is 0.0330. The molecule has 0 atom stereocenters. The summed E-state index contributed by atoms with van der Waals surface area (Å²) >= 11 is 0. The largest absolute Gasteiger partial charge is 0.409 e. The molecular formula is C13H22N4O. The van der Waals surface area contributed by atoms with Gasteiger partial charge in [0.2, 0.25) is 0 Å². The second-order valence-electron chi connectivity index (χ2n) is 4.66. The van der Waals surface area contributed by atoms with E-state index in [4.69, 9.17) is 10.9 Å². The number of pyridine rings is 1. The molecule has 1 heterocycles. The smallest absolute Gasteiger partial charge is 0.188 e. The average Bonchev–Trinajstić information content (AvgIpc) is 2.44. The first kappa shape index (κ1) is 14.4. The normalized spacial score (nSPS) is 12.7. The maximum Gasteiger partial charge on any atom is 0.188 e. The van der Waals surface area contributed by atoms with Crippen LogP contribution in [0.1, 0.15) is 44.9 Å². The third kappa shape index (κ3) is 3.70. The van der Waals surface area contributed by atoms with Gasteiger partial charge in [0, 0.05) is 18.3 Å². The fourth-order valence-corrected chi connectivity index (χ4v) is 1.59. The Labute approximate surface area is 108 Å². The zero-order valence-corrected chi connectivity index (χ0v) is 11.3. The van der Waals surface area contributed by atoms with E-state index in [-0.39, 0.29) is 11.4 Å². The Morgan fingerprint density at radius 1 is 1.50 bits per heavy atom. The minimum Gasteiger partial charge on any atom is -0.409 e. The quantitative estimate of drug-likeness (QED) is 0.311. The van der Waals surface area contributed by atoms with E-state index in [2.05, 4.69) is 36.2 Å². The van der Waals surface area contributed by atoms with Gasteiger partial charge >= 0.3 is 0 Å². The highest BCUT2D eigenvalue weighted by molar-refractivity contribution is 5.95. The van der Waals surface area contributed by atoms with E-state index in [1.54, 1.807) is 6.20 Å². The minimum absolute atomic E-state index is 0.0330. The van der Waals surface area contributed by atoms with E-state index >= 15 is 0 Å². The van der Waals surface area contributed by atoms with Gasteiger partial charge in [-0.25, -0.2) is 0 Å². The lowest BCUT2D eigenvalue weighted by Gasteiger charge is -2.28. The molecule has 0 spiro atoms. The molecule has 0 aliphatic rings. The van der Waals surface area contributed by atoms with Gasteiger partial charge in [-0.2, -0.15) is 0 Å². The fraction of sp³-hybridized carbons (Fsp3) is 0.538. The fourth-order valence-electron chi connectivity index (χ4n) is 1.59. The molecule has 0 radical (unpaired) electrons. The lowest BCUT2D eigenvalue weighted by Crippen LogP contribution is -2.40. The lowest BCUT2D eigenvalue weighted by atomic mass is 9.95. The van der Waals surface area contributed by atoms with Gasteiger partial charge in [-0.1, -0.05) is 19.0 Å². The number of hydrogen-bond donors (Lipinski definition) is 3. The van der Waals surface area contributed by atoms with Crippen molar-refractivity contribution < 1.29 is 5.21 Å². The average molecular weight is 250 g/mol. The van der Waals surface area contributed by atoms with E-state index in [1.165, 1.54) is 0 Å². The van der Waals surface area contributed by atoms with Gasteiger partial charge in [0.15, 0.2) is 5.84 Å². The molecule has 0 aliphatic carbocycles. The van der Waals surface area contributed by atoms with Crippen LogP contribution in [-0.2, 0) is 6.54 Å². The highest BCUT2D eigenvalue weighted by atomic mass is 16.4. The summed E-state index contributed by atoms with van der Waals surface area (Å²) in [4.78, 5) is 4.05. The highest BCUT2D eigenvalue weighted by Crippen LogP contribution is 2.14. The third-order valence-corrected chi connectivity index (χ3v) is 3.47. The van der Waals surface area contributed by atoms with Crippen LogP contribution in [0.4, 0.5) is 0 Å². The summed E-state index contributed by atoms with van der Waals surface area (Å²) in [6.45, 7) is 7.29. The summed E-state index contributed by atoms with van der Waals surface area (Å²) in [5.41, 5.74) is 7.21. The van der Waals surface area contributed by atoms with E-state index in [0.29, 0.717) is 5.69 Å². The summed E-state index contributed by atoms with van der Waals surface area (Å²) in [6.07, 6.45) is 3.81. The van der Waals surface area contributed by atoms with E-state index in [1.807, 2.05) is 12.1 Å². The molecule has 0 amide bonds. The maximum absolute atomic E-state index is 8.62. The Balaban J connectivity index is 2.74. The zero-order chi connectivity index (χ0) is 13.6. The first-order chi connectivity index (χ1) is 8.54. The lowest BCUT2D eigenvalue weighted by molar-refractivity contribution is 0.318. The number of aromatic nitrogens is 1. The molecule has 0 bridgehead atoms. The van der Waals surface area contributed by atoms with Gasteiger partial charge in [-0.05, 0) is 37.5 Å². The van der Waals surface area contributed by atoms with Gasteiger partial charge in [0.25, 0.3) is 0 Å². The van der Waals surface area contributed by atoms with E-state index in [0.717, 1.165) is 24.9 Å². The van der Waals surface area contributed by atoms with Crippen LogP contribution >= 0.6 is 0 Å². The van der Waals surface area contributed by atoms with Crippen molar-refractivity contribution >= 4 is 5.84 Å².